The largest absolute Gasteiger partial charge is 0.324 e. The van der Waals surface area contributed by atoms with Crippen molar-refractivity contribution in [3.8, 4) is 0 Å². The highest BCUT2D eigenvalue weighted by molar-refractivity contribution is 7.99. The number of halogens is 2. The van der Waals surface area contributed by atoms with E-state index in [0.717, 1.165) is 15.4 Å². The molecule has 0 aliphatic carbocycles. The topological polar surface area (TPSA) is 26.0 Å². The average molecular weight is 282 g/mol. The molecule has 0 saturated carbocycles. The lowest BCUT2D eigenvalue weighted by atomic mass is 10.1. The molecular formula is C14H13ClFNS. The number of hydrogen-bond acceptors (Lipinski definition) is 2. The van der Waals surface area contributed by atoms with Gasteiger partial charge in [0.25, 0.3) is 0 Å². The van der Waals surface area contributed by atoms with Crippen molar-refractivity contribution in [2.75, 3.05) is 0 Å². The molecule has 1 unspecified atom stereocenters. The molecule has 0 radical (unpaired) electrons. The third-order valence-electron chi connectivity index (χ3n) is 2.51. The molecule has 94 valence electrons. The van der Waals surface area contributed by atoms with Gasteiger partial charge in [0, 0.05) is 20.9 Å². The number of hydrogen-bond donors (Lipinski definition) is 1. The normalized spacial score (nSPS) is 12.4. The standard InChI is InChI=1S/C14H13ClFNS/c1-9(17)13-7-6-12(8-14(13)15)18-11-4-2-10(16)3-5-11/h2-9H,17H2,1H3. The molecule has 0 heterocycles. The molecule has 1 atom stereocenters. The van der Waals surface area contributed by atoms with Crippen LogP contribution in [-0.2, 0) is 0 Å². The fourth-order valence-electron chi connectivity index (χ4n) is 1.58. The molecule has 2 aromatic carbocycles. The van der Waals surface area contributed by atoms with E-state index in [1.807, 2.05) is 25.1 Å². The average Bonchev–Trinajstić information content (AvgIpc) is 2.32. The van der Waals surface area contributed by atoms with E-state index < -0.39 is 0 Å². The second kappa shape index (κ2) is 5.74. The van der Waals surface area contributed by atoms with Crippen LogP contribution >= 0.6 is 23.4 Å². The first-order chi connectivity index (χ1) is 8.56. The van der Waals surface area contributed by atoms with Gasteiger partial charge < -0.3 is 5.73 Å². The third-order valence-corrected chi connectivity index (χ3v) is 3.84. The molecule has 2 rings (SSSR count). The first kappa shape index (κ1) is 13.4. The Bertz CT molecular complexity index is 540. The summed E-state index contributed by atoms with van der Waals surface area (Å²) >= 11 is 7.70. The summed E-state index contributed by atoms with van der Waals surface area (Å²) < 4.78 is 12.8. The maximum atomic E-state index is 12.8. The summed E-state index contributed by atoms with van der Waals surface area (Å²) in [7, 11) is 0. The maximum absolute atomic E-state index is 12.8. The zero-order valence-electron chi connectivity index (χ0n) is 9.86. The molecule has 0 bridgehead atoms. The Balaban J connectivity index is 2.20. The Labute approximate surface area is 115 Å². The monoisotopic (exact) mass is 281 g/mol. The molecule has 0 amide bonds. The Kier molecular flexibility index (Phi) is 4.27. The molecule has 0 aliphatic heterocycles. The summed E-state index contributed by atoms with van der Waals surface area (Å²) in [6.07, 6.45) is 0. The van der Waals surface area contributed by atoms with Crippen molar-refractivity contribution in [1.29, 1.82) is 0 Å². The second-order valence-electron chi connectivity index (χ2n) is 4.03. The predicted octanol–water partition coefficient (Wildman–Crippen LogP) is 4.65. The summed E-state index contributed by atoms with van der Waals surface area (Å²) in [6.45, 7) is 1.90. The summed E-state index contributed by atoms with van der Waals surface area (Å²) in [5.41, 5.74) is 6.73. The van der Waals surface area contributed by atoms with Gasteiger partial charge in [-0.15, -0.1) is 0 Å². The van der Waals surface area contributed by atoms with Gasteiger partial charge in [-0.3, -0.25) is 0 Å². The zero-order valence-corrected chi connectivity index (χ0v) is 11.4. The van der Waals surface area contributed by atoms with Gasteiger partial charge in [-0.2, -0.15) is 0 Å². The van der Waals surface area contributed by atoms with Crippen molar-refractivity contribution in [2.24, 2.45) is 5.73 Å². The third kappa shape index (κ3) is 3.25. The second-order valence-corrected chi connectivity index (χ2v) is 5.58. The van der Waals surface area contributed by atoms with Crippen LogP contribution in [0.5, 0.6) is 0 Å². The van der Waals surface area contributed by atoms with Crippen LogP contribution in [0.15, 0.2) is 52.3 Å². The Hall–Kier alpha value is -1.03. The first-order valence-corrected chi connectivity index (χ1v) is 6.74. The summed E-state index contributed by atoms with van der Waals surface area (Å²) in [5, 5.41) is 0.664. The van der Waals surface area contributed by atoms with E-state index in [2.05, 4.69) is 0 Å². The van der Waals surface area contributed by atoms with Crippen LogP contribution in [0.4, 0.5) is 4.39 Å². The molecular weight excluding hydrogens is 269 g/mol. The van der Waals surface area contributed by atoms with Crippen LogP contribution in [0, 0.1) is 5.82 Å². The van der Waals surface area contributed by atoms with Crippen molar-refractivity contribution in [3.05, 3.63) is 58.9 Å². The lowest BCUT2D eigenvalue weighted by Crippen LogP contribution is -2.05. The van der Waals surface area contributed by atoms with Gasteiger partial charge >= 0.3 is 0 Å². The first-order valence-electron chi connectivity index (χ1n) is 5.54. The van der Waals surface area contributed by atoms with Crippen molar-refractivity contribution < 1.29 is 4.39 Å². The SMILES string of the molecule is CC(N)c1ccc(Sc2ccc(F)cc2)cc1Cl. The lowest BCUT2D eigenvalue weighted by molar-refractivity contribution is 0.626. The van der Waals surface area contributed by atoms with Crippen LogP contribution < -0.4 is 5.73 Å². The van der Waals surface area contributed by atoms with Crippen LogP contribution in [0.1, 0.15) is 18.5 Å². The van der Waals surface area contributed by atoms with Gasteiger partial charge in [0.05, 0.1) is 0 Å². The Morgan fingerprint density at radius 3 is 2.28 bits per heavy atom. The maximum Gasteiger partial charge on any atom is 0.123 e. The summed E-state index contributed by atoms with van der Waals surface area (Å²) in [6, 6.07) is 12.1. The highest BCUT2D eigenvalue weighted by atomic mass is 35.5. The fourth-order valence-corrected chi connectivity index (χ4v) is 2.85. The van der Waals surface area contributed by atoms with Crippen molar-refractivity contribution in [1.82, 2.24) is 0 Å². The van der Waals surface area contributed by atoms with Crippen molar-refractivity contribution >= 4 is 23.4 Å². The van der Waals surface area contributed by atoms with Gasteiger partial charge in [0.15, 0.2) is 0 Å². The Morgan fingerprint density at radius 1 is 1.11 bits per heavy atom. The molecule has 2 N–H and O–H groups in total. The molecule has 0 aliphatic rings. The molecule has 18 heavy (non-hydrogen) atoms. The molecule has 0 spiro atoms. The van der Waals surface area contributed by atoms with E-state index in [-0.39, 0.29) is 11.9 Å². The molecule has 0 fully saturated rings. The zero-order chi connectivity index (χ0) is 13.1. The van der Waals surface area contributed by atoms with Crippen molar-refractivity contribution in [3.63, 3.8) is 0 Å². The molecule has 4 heteroatoms. The predicted molar refractivity (Wildman–Crippen MR) is 74.6 cm³/mol. The van der Waals surface area contributed by atoms with E-state index in [4.69, 9.17) is 17.3 Å². The fraction of sp³-hybridized carbons (Fsp3) is 0.143. The minimum Gasteiger partial charge on any atom is -0.324 e. The van der Waals surface area contributed by atoms with Crippen molar-refractivity contribution in [2.45, 2.75) is 22.8 Å². The van der Waals surface area contributed by atoms with Crippen LogP contribution in [0.3, 0.4) is 0 Å². The minimum atomic E-state index is -0.232. The number of nitrogens with two attached hydrogens (primary N) is 1. The Morgan fingerprint density at radius 2 is 1.72 bits per heavy atom. The highest BCUT2D eigenvalue weighted by Crippen LogP contribution is 2.32. The minimum absolute atomic E-state index is 0.0811. The highest BCUT2D eigenvalue weighted by Gasteiger charge is 2.06. The van der Waals surface area contributed by atoms with E-state index in [0.29, 0.717) is 5.02 Å². The molecule has 0 aromatic heterocycles. The van der Waals surface area contributed by atoms with Gasteiger partial charge in [-0.25, -0.2) is 4.39 Å². The summed E-state index contributed by atoms with van der Waals surface area (Å²) in [4.78, 5) is 1.98. The quantitative estimate of drug-likeness (QED) is 0.886. The van der Waals surface area contributed by atoms with E-state index in [9.17, 15) is 4.39 Å². The summed E-state index contributed by atoms with van der Waals surface area (Å²) in [5.74, 6) is -0.232. The van der Waals surface area contributed by atoms with Gasteiger partial charge in [-0.1, -0.05) is 29.4 Å². The molecule has 0 saturated heterocycles. The molecule has 1 nitrogen and oxygen atoms in total. The van der Waals surface area contributed by atoms with E-state index in [1.54, 1.807) is 12.1 Å². The smallest absolute Gasteiger partial charge is 0.123 e. The number of rotatable bonds is 3. The van der Waals surface area contributed by atoms with Gasteiger partial charge in [0.1, 0.15) is 5.82 Å². The van der Waals surface area contributed by atoms with Crippen LogP contribution in [0.25, 0.3) is 0 Å². The van der Waals surface area contributed by atoms with Gasteiger partial charge in [-0.05, 0) is 48.9 Å². The van der Waals surface area contributed by atoms with Gasteiger partial charge in [0.2, 0.25) is 0 Å². The lowest BCUT2D eigenvalue weighted by Gasteiger charge is -2.09. The van der Waals surface area contributed by atoms with E-state index >= 15 is 0 Å². The molecule has 2 aromatic rings. The van der Waals surface area contributed by atoms with Crippen LogP contribution in [-0.4, -0.2) is 0 Å². The van der Waals surface area contributed by atoms with E-state index in [1.165, 1.54) is 23.9 Å². The number of benzene rings is 2. The van der Waals surface area contributed by atoms with Crippen LogP contribution in [0.2, 0.25) is 5.02 Å².